The molecule has 4 rings (SSSR count). The van der Waals surface area contributed by atoms with E-state index in [0.29, 0.717) is 5.56 Å². The summed E-state index contributed by atoms with van der Waals surface area (Å²) in [4.78, 5) is 0. The second-order valence-corrected chi connectivity index (χ2v) is 8.05. The molecule has 5 heteroatoms. The van der Waals surface area contributed by atoms with Crippen LogP contribution in [0.1, 0.15) is 27.7 Å². The number of benzene rings is 3. The van der Waals surface area contributed by atoms with Gasteiger partial charge in [-0.2, -0.15) is 8.42 Å². The van der Waals surface area contributed by atoms with Crippen molar-refractivity contribution in [2.45, 2.75) is 18.8 Å². The maximum absolute atomic E-state index is 11.5. The van der Waals surface area contributed by atoms with Gasteiger partial charge in [0.05, 0.1) is 0 Å². The fourth-order valence-corrected chi connectivity index (χ4v) is 4.33. The van der Waals surface area contributed by atoms with Crippen LogP contribution in [0.2, 0.25) is 0 Å². The Bertz CT molecular complexity index is 1120. The highest BCUT2D eigenvalue weighted by Crippen LogP contribution is 2.44. The van der Waals surface area contributed by atoms with Gasteiger partial charge in [-0.25, -0.2) is 0 Å². The van der Waals surface area contributed by atoms with E-state index in [4.69, 9.17) is 0 Å². The summed E-state index contributed by atoms with van der Waals surface area (Å²) in [6.45, 7) is 1.97. The first-order valence-corrected chi connectivity index (χ1v) is 9.82. The summed E-state index contributed by atoms with van der Waals surface area (Å²) in [5, 5.41) is 10.2. The molecule has 2 N–H and O–H groups in total. The third-order valence-electron chi connectivity index (χ3n) is 4.97. The van der Waals surface area contributed by atoms with E-state index in [9.17, 15) is 18.1 Å². The van der Waals surface area contributed by atoms with Crippen molar-refractivity contribution in [2.24, 2.45) is 0 Å². The monoisotopic (exact) mass is 366 g/mol. The highest BCUT2D eigenvalue weighted by atomic mass is 32.2. The van der Waals surface area contributed by atoms with Crippen molar-refractivity contribution in [3.8, 4) is 22.3 Å². The smallest absolute Gasteiger partial charge is 0.296 e. The molecule has 0 bridgehead atoms. The van der Waals surface area contributed by atoms with Crippen LogP contribution in [-0.2, 0) is 16.5 Å². The fraction of sp³-hybridized carbons (Fsp3) is 0.143. The maximum atomic E-state index is 11.5. The van der Waals surface area contributed by atoms with Gasteiger partial charge in [0.15, 0.2) is 0 Å². The predicted octanol–water partition coefficient (Wildman–Crippen LogP) is 4.11. The second kappa shape index (κ2) is 6.06. The Balaban J connectivity index is 1.98. The molecule has 0 spiro atoms. The lowest BCUT2D eigenvalue weighted by Gasteiger charge is -2.18. The van der Waals surface area contributed by atoms with Crippen molar-refractivity contribution < 1.29 is 18.1 Å². The Morgan fingerprint density at radius 3 is 2.27 bits per heavy atom. The van der Waals surface area contributed by atoms with Gasteiger partial charge in [-0.3, -0.25) is 4.55 Å². The van der Waals surface area contributed by atoms with Gasteiger partial charge in [0, 0.05) is 5.56 Å². The Kier molecular flexibility index (Phi) is 3.95. The Morgan fingerprint density at radius 1 is 0.885 bits per heavy atom. The molecule has 26 heavy (non-hydrogen) atoms. The summed E-state index contributed by atoms with van der Waals surface area (Å²) in [5.74, 6) is 0. The molecule has 0 saturated heterocycles. The highest BCUT2D eigenvalue weighted by Gasteiger charge is 2.28. The minimum absolute atomic E-state index is 0.183. The number of fused-ring (bicyclic) bond motifs is 3. The van der Waals surface area contributed by atoms with Crippen LogP contribution in [-0.4, -0.2) is 18.1 Å². The van der Waals surface area contributed by atoms with E-state index in [1.165, 1.54) is 17.2 Å². The first-order chi connectivity index (χ1) is 12.4. The summed E-state index contributed by atoms with van der Waals surface area (Å²) in [6.07, 6.45) is 0.749. The molecular formula is C21H18O4S. The molecule has 0 aromatic heterocycles. The first kappa shape index (κ1) is 17.0. The summed E-state index contributed by atoms with van der Waals surface area (Å²) >= 11 is 0. The van der Waals surface area contributed by atoms with Crippen LogP contribution in [0.15, 0.2) is 60.7 Å². The normalized spacial score (nSPS) is 14.0. The van der Waals surface area contributed by atoms with E-state index < -0.39 is 15.6 Å². The van der Waals surface area contributed by atoms with Crippen molar-refractivity contribution in [2.75, 3.05) is 0 Å². The topological polar surface area (TPSA) is 74.6 Å². The zero-order valence-corrected chi connectivity index (χ0v) is 15.0. The van der Waals surface area contributed by atoms with Gasteiger partial charge in [-0.05, 0) is 52.3 Å². The minimum Gasteiger partial charge on any atom is -0.371 e. The molecule has 0 radical (unpaired) electrons. The van der Waals surface area contributed by atoms with Crippen molar-refractivity contribution in [1.29, 1.82) is 0 Å². The Morgan fingerprint density at radius 2 is 1.54 bits per heavy atom. The zero-order chi connectivity index (χ0) is 18.5. The van der Waals surface area contributed by atoms with Crippen LogP contribution in [0.4, 0.5) is 0 Å². The number of rotatable bonds is 3. The summed E-state index contributed by atoms with van der Waals surface area (Å²) < 4.78 is 32.4. The first-order valence-electron chi connectivity index (χ1n) is 8.32. The predicted molar refractivity (Wildman–Crippen MR) is 101 cm³/mol. The lowest BCUT2D eigenvalue weighted by atomic mass is 9.89. The molecule has 1 aliphatic carbocycles. The Labute approximate surface area is 152 Å². The average Bonchev–Trinajstić information content (AvgIpc) is 2.99. The van der Waals surface area contributed by atoms with Crippen LogP contribution >= 0.6 is 0 Å². The van der Waals surface area contributed by atoms with Gasteiger partial charge in [-0.1, -0.05) is 60.7 Å². The quantitative estimate of drug-likeness (QED) is 0.535. The number of aliphatic hydroxyl groups excluding tert-OH is 1. The van der Waals surface area contributed by atoms with Gasteiger partial charge in [0.25, 0.3) is 10.1 Å². The molecular weight excluding hydrogens is 348 g/mol. The maximum Gasteiger partial charge on any atom is 0.296 e. The van der Waals surface area contributed by atoms with Gasteiger partial charge >= 0.3 is 0 Å². The number of aliphatic hydroxyl groups is 1. The van der Waals surface area contributed by atoms with Crippen molar-refractivity contribution >= 4 is 10.1 Å². The molecule has 3 aromatic carbocycles. The second-order valence-electron chi connectivity index (χ2n) is 6.57. The molecule has 0 amide bonds. The van der Waals surface area contributed by atoms with E-state index in [0.717, 1.165) is 28.7 Å². The van der Waals surface area contributed by atoms with E-state index in [2.05, 4.69) is 18.2 Å². The van der Waals surface area contributed by atoms with Crippen LogP contribution < -0.4 is 0 Å². The summed E-state index contributed by atoms with van der Waals surface area (Å²) in [5.41, 5.74) is 5.38. The highest BCUT2D eigenvalue weighted by molar-refractivity contribution is 7.85. The molecule has 0 aliphatic heterocycles. The minimum atomic E-state index is -4.61. The summed E-state index contributed by atoms with van der Waals surface area (Å²) in [6, 6.07) is 19.1. The third-order valence-corrected chi connectivity index (χ3v) is 5.79. The molecule has 0 saturated carbocycles. The van der Waals surface area contributed by atoms with Gasteiger partial charge in [-0.15, -0.1) is 0 Å². The van der Waals surface area contributed by atoms with Crippen molar-refractivity contribution in [3.05, 3.63) is 82.9 Å². The fourth-order valence-electron chi connectivity index (χ4n) is 3.80. The van der Waals surface area contributed by atoms with Crippen molar-refractivity contribution in [1.82, 2.24) is 0 Å². The van der Waals surface area contributed by atoms with Gasteiger partial charge in [0.1, 0.15) is 0 Å². The molecule has 3 aromatic rings. The lowest BCUT2D eigenvalue weighted by Crippen LogP contribution is -2.12. The molecule has 1 atom stereocenters. The molecule has 4 nitrogen and oxygen atoms in total. The van der Waals surface area contributed by atoms with Crippen molar-refractivity contribution in [3.63, 3.8) is 0 Å². The molecule has 0 heterocycles. The zero-order valence-electron chi connectivity index (χ0n) is 14.2. The standard InChI is InChI=1S/C21H18O4S/c1-13-10-11-16-15-7-3-2-6-14(15)12-19(16)20(13)17-8-4-5-9-18(17)21(22)26(23,24)25/h2-11,21-22H,12H2,1H3,(H,23,24,25). The van der Waals surface area contributed by atoms with Crippen LogP contribution in [0.3, 0.4) is 0 Å². The number of aryl methyl sites for hydroxylation is 1. The number of hydrogen-bond donors (Lipinski definition) is 2. The van der Waals surface area contributed by atoms with E-state index in [1.807, 2.05) is 25.1 Å². The molecule has 1 aliphatic rings. The molecule has 132 valence electrons. The van der Waals surface area contributed by atoms with Crippen LogP contribution in [0, 0.1) is 6.92 Å². The Hall–Kier alpha value is -2.47. The average molecular weight is 366 g/mol. The molecule has 0 fully saturated rings. The lowest BCUT2D eigenvalue weighted by molar-refractivity contribution is 0.239. The van der Waals surface area contributed by atoms with E-state index in [1.54, 1.807) is 18.2 Å². The largest absolute Gasteiger partial charge is 0.371 e. The van der Waals surface area contributed by atoms with Crippen LogP contribution in [0.25, 0.3) is 22.3 Å². The van der Waals surface area contributed by atoms with E-state index in [-0.39, 0.29) is 5.56 Å². The number of hydrogen-bond acceptors (Lipinski definition) is 3. The SMILES string of the molecule is Cc1ccc2c(c1-c1ccccc1C(O)S(=O)(=O)O)Cc1ccccc1-2. The molecule has 1 unspecified atom stereocenters. The van der Waals surface area contributed by atoms with E-state index >= 15 is 0 Å². The van der Waals surface area contributed by atoms with Gasteiger partial charge < -0.3 is 5.11 Å². The third kappa shape index (κ3) is 2.65. The summed E-state index contributed by atoms with van der Waals surface area (Å²) in [7, 11) is -4.61. The van der Waals surface area contributed by atoms with Gasteiger partial charge in [0.2, 0.25) is 5.44 Å². The van der Waals surface area contributed by atoms with Crippen LogP contribution in [0.5, 0.6) is 0 Å².